The normalized spacial score (nSPS) is 18.1. The lowest BCUT2D eigenvalue weighted by atomic mass is 9.83. The van der Waals surface area contributed by atoms with Crippen LogP contribution in [0.3, 0.4) is 0 Å². The van der Waals surface area contributed by atoms with Gasteiger partial charge in [-0.25, -0.2) is 0 Å². The third-order valence-electron chi connectivity index (χ3n) is 3.85. The summed E-state index contributed by atoms with van der Waals surface area (Å²) in [7, 11) is 0. The Labute approximate surface area is 140 Å². The molecular formula is C16H18Cl2N2O2. The lowest BCUT2D eigenvalue weighted by Crippen LogP contribution is -2.52. The van der Waals surface area contributed by atoms with E-state index in [0.29, 0.717) is 28.6 Å². The number of ether oxygens (including phenoxy) is 1. The molecule has 6 heteroatoms. The molecule has 0 aromatic heterocycles. The first-order valence-corrected chi connectivity index (χ1v) is 8.06. The maximum absolute atomic E-state index is 12.3. The van der Waals surface area contributed by atoms with E-state index < -0.39 is 11.6 Å². The molecule has 1 aromatic carbocycles. The molecule has 1 atom stereocenters. The van der Waals surface area contributed by atoms with E-state index in [4.69, 9.17) is 27.9 Å². The molecule has 1 fully saturated rings. The van der Waals surface area contributed by atoms with E-state index in [-0.39, 0.29) is 5.91 Å². The van der Waals surface area contributed by atoms with Crippen LogP contribution in [0.2, 0.25) is 10.0 Å². The van der Waals surface area contributed by atoms with Crippen LogP contribution in [0.1, 0.15) is 39.0 Å². The summed E-state index contributed by atoms with van der Waals surface area (Å²) in [6.45, 7) is 1.63. The molecule has 0 unspecified atom stereocenters. The molecular weight excluding hydrogens is 323 g/mol. The first-order valence-electron chi connectivity index (χ1n) is 7.31. The van der Waals surface area contributed by atoms with Crippen LogP contribution in [0.5, 0.6) is 5.75 Å². The summed E-state index contributed by atoms with van der Waals surface area (Å²) in [4.78, 5) is 12.3. The lowest BCUT2D eigenvalue weighted by Gasteiger charge is -2.32. The van der Waals surface area contributed by atoms with Gasteiger partial charge in [-0.1, -0.05) is 42.5 Å². The van der Waals surface area contributed by atoms with E-state index in [1.165, 1.54) is 0 Å². The highest BCUT2D eigenvalue weighted by atomic mass is 35.5. The van der Waals surface area contributed by atoms with Gasteiger partial charge >= 0.3 is 0 Å². The Balaban J connectivity index is 2.01. The minimum Gasteiger partial charge on any atom is -0.479 e. The maximum Gasteiger partial charge on any atom is 0.262 e. The number of carbonyl (C=O) groups excluding carboxylic acids is 1. The van der Waals surface area contributed by atoms with Crippen molar-refractivity contribution in [2.24, 2.45) is 0 Å². The summed E-state index contributed by atoms with van der Waals surface area (Å²) in [5, 5.41) is 13.1. The van der Waals surface area contributed by atoms with E-state index in [1.54, 1.807) is 25.1 Å². The third-order valence-corrected chi connectivity index (χ3v) is 4.38. The standard InChI is InChI=1S/C16H18Cl2N2O2/c1-11(22-14-6-5-12(17)9-13(14)18)15(21)20-16(10-19)7-3-2-4-8-16/h5-6,9,11H,2-4,7-8H2,1H3,(H,20,21)/t11-/m1/s1. The number of carbonyl (C=O) groups is 1. The van der Waals surface area contributed by atoms with Gasteiger partial charge in [-0.15, -0.1) is 0 Å². The summed E-state index contributed by atoms with van der Waals surface area (Å²) in [5.41, 5.74) is -0.767. The topological polar surface area (TPSA) is 62.1 Å². The van der Waals surface area contributed by atoms with Gasteiger partial charge < -0.3 is 10.1 Å². The van der Waals surface area contributed by atoms with Gasteiger partial charge in [-0.3, -0.25) is 4.79 Å². The largest absolute Gasteiger partial charge is 0.479 e. The molecule has 0 spiro atoms. The predicted octanol–water partition coefficient (Wildman–Crippen LogP) is 4.10. The molecule has 22 heavy (non-hydrogen) atoms. The van der Waals surface area contributed by atoms with Crippen molar-refractivity contribution < 1.29 is 9.53 Å². The zero-order valence-electron chi connectivity index (χ0n) is 12.4. The Morgan fingerprint density at radius 3 is 2.64 bits per heavy atom. The van der Waals surface area contributed by atoms with E-state index in [9.17, 15) is 10.1 Å². The lowest BCUT2D eigenvalue weighted by molar-refractivity contribution is -0.129. The molecule has 4 nitrogen and oxygen atoms in total. The van der Waals surface area contributed by atoms with Gasteiger partial charge in [0.2, 0.25) is 0 Å². The zero-order valence-corrected chi connectivity index (χ0v) is 13.9. The van der Waals surface area contributed by atoms with Gasteiger partial charge in [0.25, 0.3) is 5.91 Å². The molecule has 1 N–H and O–H groups in total. The number of rotatable bonds is 4. The SMILES string of the molecule is C[C@@H](Oc1ccc(Cl)cc1Cl)C(=O)NC1(C#N)CCCCC1. The molecule has 1 aromatic rings. The molecule has 0 radical (unpaired) electrons. The van der Waals surface area contributed by atoms with Crippen molar-refractivity contribution in [2.45, 2.75) is 50.7 Å². The van der Waals surface area contributed by atoms with Gasteiger partial charge in [0.05, 0.1) is 11.1 Å². The van der Waals surface area contributed by atoms with Crippen LogP contribution in [0.4, 0.5) is 0 Å². The summed E-state index contributed by atoms with van der Waals surface area (Å²) < 4.78 is 5.58. The van der Waals surface area contributed by atoms with Crippen LogP contribution >= 0.6 is 23.2 Å². The molecule has 2 rings (SSSR count). The fourth-order valence-corrected chi connectivity index (χ4v) is 3.03. The smallest absolute Gasteiger partial charge is 0.262 e. The van der Waals surface area contributed by atoms with Gasteiger partial charge in [-0.2, -0.15) is 5.26 Å². The number of hydrogen-bond acceptors (Lipinski definition) is 3. The van der Waals surface area contributed by atoms with E-state index in [2.05, 4.69) is 11.4 Å². The van der Waals surface area contributed by atoms with Crippen LogP contribution < -0.4 is 10.1 Å². The van der Waals surface area contributed by atoms with Crippen LogP contribution in [0.15, 0.2) is 18.2 Å². The fraction of sp³-hybridized carbons (Fsp3) is 0.500. The molecule has 1 aliphatic carbocycles. The maximum atomic E-state index is 12.3. The number of nitrogens with one attached hydrogen (secondary N) is 1. The zero-order chi connectivity index (χ0) is 16.2. The molecule has 0 saturated heterocycles. The molecule has 118 valence electrons. The summed E-state index contributed by atoms with van der Waals surface area (Å²) in [6.07, 6.45) is 3.63. The first-order chi connectivity index (χ1) is 10.5. The van der Waals surface area contributed by atoms with E-state index in [0.717, 1.165) is 19.3 Å². The quantitative estimate of drug-likeness (QED) is 0.897. The molecule has 0 bridgehead atoms. The number of benzene rings is 1. The van der Waals surface area contributed by atoms with Crippen LogP contribution in [0.25, 0.3) is 0 Å². The van der Waals surface area contributed by atoms with Crippen molar-refractivity contribution in [1.29, 1.82) is 5.26 Å². The average molecular weight is 341 g/mol. The van der Waals surface area contributed by atoms with Crippen molar-refractivity contribution in [3.05, 3.63) is 28.2 Å². The number of nitrogens with zero attached hydrogens (tertiary/aromatic N) is 1. The van der Waals surface area contributed by atoms with Gasteiger partial charge in [0.1, 0.15) is 11.3 Å². The molecule has 1 aliphatic rings. The molecule has 0 heterocycles. The van der Waals surface area contributed by atoms with Crippen molar-refractivity contribution in [3.63, 3.8) is 0 Å². The predicted molar refractivity (Wildman–Crippen MR) is 86.1 cm³/mol. The van der Waals surface area contributed by atoms with E-state index in [1.807, 2.05) is 0 Å². The summed E-state index contributed by atoms with van der Waals surface area (Å²) in [5.74, 6) is 0.0813. The Bertz CT molecular complexity index is 592. The highest BCUT2D eigenvalue weighted by molar-refractivity contribution is 6.35. The molecule has 0 aliphatic heterocycles. The summed E-state index contributed by atoms with van der Waals surface area (Å²) >= 11 is 11.9. The Hall–Kier alpha value is -1.44. The number of halogens is 2. The average Bonchev–Trinajstić information content (AvgIpc) is 2.51. The second kappa shape index (κ2) is 7.21. The second-order valence-corrected chi connectivity index (χ2v) is 6.42. The monoisotopic (exact) mass is 340 g/mol. The third kappa shape index (κ3) is 4.06. The second-order valence-electron chi connectivity index (χ2n) is 5.58. The van der Waals surface area contributed by atoms with Crippen LogP contribution in [0, 0.1) is 11.3 Å². The highest BCUT2D eigenvalue weighted by Gasteiger charge is 2.35. The minimum absolute atomic E-state index is 0.311. The highest BCUT2D eigenvalue weighted by Crippen LogP contribution is 2.30. The first kappa shape index (κ1) is 16.9. The van der Waals surface area contributed by atoms with Gasteiger partial charge in [-0.05, 0) is 38.0 Å². The Morgan fingerprint density at radius 1 is 1.36 bits per heavy atom. The minimum atomic E-state index is -0.767. The molecule has 1 amide bonds. The van der Waals surface area contributed by atoms with Crippen molar-refractivity contribution in [2.75, 3.05) is 0 Å². The fourth-order valence-electron chi connectivity index (χ4n) is 2.57. The van der Waals surface area contributed by atoms with Crippen LogP contribution in [-0.4, -0.2) is 17.6 Å². The van der Waals surface area contributed by atoms with Crippen LogP contribution in [-0.2, 0) is 4.79 Å². The van der Waals surface area contributed by atoms with Crippen molar-refractivity contribution >= 4 is 29.1 Å². The number of nitriles is 1. The molecule has 1 saturated carbocycles. The van der Waals surface area contributed by atoms with Crippen molar-refractivity contribution in [1.82, 2.24) is 5.32 Å². The summed E-state index contributed by atoms with van der Waals surface area (Å²) in [6, 6.07) is 7.08. The number of hydrogen-bond donors (Lipinski definition) is 1. The Morgan fingerprint density at radius 2 is 2.05 bits per heavy atom. The van der Waals surface area contributed by atoms with E-state index >= 15 is 0 Å². The Kier molecular flexibility index (Phi) is 5.55. The van der Waals surface area contributed by atoms with Gasteiger partial charge in [0, 0.05) is 5.02 Å². The van der Waals surface area contributed by atoms with Crippen molar-refractivity contribution in [3.8, 4) is 11.8 Å². The van der Waals surface area contributed by atoms with Gasteiger partial charge in [0.15, 0.2) is 6.10 Å². The number of amides is 1.